The molecule has 1 N–H and O–H groups in total. The Morgan fingerprint density at radius 3 is 2.52 bits per heavy atom. The highest BCUT2D eigenvalue weighted by Gasteiger charge is 2.23. The van der Waals surface area contributed by atoms with E-state index in [4.69, 9.17) is 4.74 Å². The smallest absolute Gasteiger partial charge is 0.295 e. The van der Waals surface area contributed by atoms with Crippen LogP contribution in [0.5, 0.6) is 5.75 Å². The quantitative estimate of drug-likeness (QED) is 0.674. The Morgan fingerprint density at radius 2 is 1.95 bits per heavy atom. The molecule has 1 saturated carbocycles. The van der Waals surface area contributed by atoms with Gasteiger partial charge < -0.3 is 10.1 Å². The van der Waals surface area contributed by atoms with Crippen LogP contribution >= 0.6 is 0 Å². The summed E-state index contributed by atoms with van der Waals surface area (Å²) < 4.78 is 5.67. The number of rotatable bonds is 5. The number of ether oxygens (including phenoxy) is 1. The van der Waals surface area contributed by atoms with Crippen LogP contribution in [0.2, 0.25) is 0 Å². The van der Waals surface area contributed by atoms with E-state index in [0.29, 0.717) is 23.2 Å². The van der Waals surface area contributed by atoms with Gasteiger partial charge in [0.1, 0.15) is 11.6 Å². The SMILES string of the molecule is CNc1ccc([N+](=O)[O-])c(-c2ccc(OC3CC3)cc2)n1. The Bertz CT molecular complexity index is 666. The number of hydrogen-bond donors (Lipinski definition) is 1. The first-order valence-electron chi connectivity index (χ1n) is 6.77. The van der Waals surface area contributed by atoms with Crippen molar-refractivity contribution < 1.29 is 9.66 Å². The van der Waals surface area contributed by atoms with Crippen molar-refractivity contribution in [2.75, 3.05) is 12.4 Å². The van der Waals surface area contributed by atoms with Gasteiger partial charge in [-0.2, -0.15) is 0 Å². The van der Waals surface area contributed by atoms with Gasteiger partial charge in [-0.15, -0.1) is 0 Å². The van der Waals surface area contributed by atoms with Crippen molar-refractivity contribution in [3.63, 3.8) is 0 Å². The highest BCUT2D eigenvalue weighted by Crippen LogP contribution is 2.32. The van der Waals surface area contributed by atoms with E-state index in [9.17, 15) is 10.1 Å². The molecule has 1 aromatic heterocycles. The van der Waals surface area contributed by atoms with E-state index in [1.54, 1.807) is 25.2 Å². The second kappa shape index (κ2) is 5.40. The first-order chi connectivity index (χ1) is 10.2. The predicted molar refractivity (Wildman–Crippen MR) is 79.5 cm³/mol. The van der Waals surface area contributed by atoms with Gasteiger partial charge in [0.15, 0.2) is 5.69 Å². The van der Waals surface area contributed by atoms with E-state index in [-0.39, 0.29) is 5.69 Å². The summed E-state index contributed by atoms with van der Waals surface area (Å²) >= 11 is 0. The zero-order valence-corrected chi connectivity index (χ0v) is 11.6. The van der Waals surface area contributed by atoms with Gasteiger partial charge in [-0.25, -0.2) is 4.98 Å². The van der Waals surface area contributed by atoms with Crippen LogP contribution in [0.25, 0.3) is 11.3 Å². The minimum Gasteiger partial charge on any atom is -0.490 e. The molecule has 1 fully saturated rings. The van der Waals surface area contributed by atoms with Crippen LogP contribution in [-0.4, -0.2) is 23.1 Å². The third kappa shape index (κ3) is 2.94. The molecule has 0 aliphatic heterocycles. The summed E-state index contributed by atoms with van der Waals surface area (Å²) in [5, 5.41) is 14.0. The molecule has 0 radical (unpaired) electrons. The minimum atomic E-state index is -0.420. The molecule has 21 heavy (non-hydrogen) atoms. The number of nitro groups is 1. The second-order valence-corrected chi connectivity index (χ2v) is 4.91. The minimum absolute atomic E-state index is 0.00939. The number of pyridine rings is 1. The predicted octanol–water partition coefficient (Wildman–Crippen LogP) is 3.24. The number of aromatic nitrogens is 1. The zero-order valence-electron chi connectivity index (χ0n) is 11.6. The number of benzene rings is 1. The first kappa shape index (κ1) is 13.4. The molecule has 108 valence electrons. The molecule has 1 aliphatic rings. The van der Waals surface area contributed by atoms with Crippen LogP contribution in [0.15, 0.2) is 36.4 Å². The topological polar surface area (TPSA) is 77.3 Å². The molecular formula is C15H15N3O3. The first-order valence-corrected chi connectivity index (χ1v) is 6.77. The molecule has 6 heteroatoms. The van der Waals surface area contributed by atoms with Crippen LogP contribution in [0.3, 0.4) is 0 Å². The second-order valence-electron chi connectivity index (χ2n) is 4.91. The van der Waals surface area contributed by atoms with Crippen molar-refractivity contribution in [1.82, 2.24) is 4.98 Å². The summed E-state index contributed by atoms with van der Waals surface area (Å²) in [7, 11) is 1.73. The zero-order chi connectivity index (χ0) is 14.8. The van der Waals surface area contributed by atoms with Crippen LogP contribution in [0.4, 0.5) is 11.5 Å². The van der Waals surface area contributed by atoms with E-state index in [1.165, 1.54) is 6.07 Å². The monoisotopic (exact) mass is 285 g/mol. The summed E-state index contributed by atoms with van der Waals surface area (Å²) in [6, 6.07) is 10.3. The van der Waals surface area contributed by atoms with Crippen molar-refractivity contribution >= 4 is 11.5 Å². The summed E-state index contributed by atoms with van der Waals surface area (Å²) in [5.41, 5.74) is 1.04. The van der Waals surface area contributed by atoms with Crippen molar-refractivity contribution in [3.05, 3.63) is 46.5 Å². The lowest BCUT2D eigenvalue weighted by molar-refractivity contribution is -0.384. The average molecular weight is 285 g/mol. The maximum atomic E-state index is 11.1. The maximum absolute atomic E-state index is 11.1. The number of hydrogen-bond acceptors (Lipinski definition) is 5. The molecule has 0 saturated heterocycles. The van der Waals surface area contributed by atoms with Gasteiger partial charge >= 0.3 is 0 Å². The van der Waals surface area contributed by atoms with Crippen molar-refractivity contribution in [2.24, 2.45) is 0 Å². The Hall–Kier alpha value is -2.63. The Labute approximate surface area is 121 Å². The van der Waals surface area contributed by atoms with Crippen LogP contribution in [0, 0.1) is 10.1 Å². The fourth-order valence-corrected chi connectivity index (χ4v) is 2.02. The Kier molecular flexibility index (Phi) is 3.43. The summed E-state index contributed by atoms with van der Waals surface area (Å²) in [6.07, 6.45) is 2.52. The van der Waals surface area contributed by atoms with Crippen LogP contribution in [-0.2, 0) is 0 Å². The standard InChI is InChI=1S/C15H15N3O3/c1-16-14-9-8-13(18(19)20)15(17-14)10-2-4-11(5-3-10)21-12-6-7-12/h2-5,8-9,12H,6-7H2,1H3,(H,16,17). The van der Waals surface area contributed by atoms with Gasteiger partial charge in [0.05, 0.1) is 11.0 Å². The van der Waals surface area contributed by atoms with Gasteiger partial charge in [-0.1, -0.05) is 0 Å². The number of nitrogens with one attached hydrogen (secondary N) is 1. The van der Waals surface area contributed by atoms with Gasteiger partial charge in [0.25, 0.3) is 5.69 Å². The van der Waals surface area contributed by atoms with Crippen LogP contribution in [0.1, 0.15) is 12.8 Å². The summed E-state index contributed by atoms with van der Waals surface area (Å²) in [4.78, 5) is 15.0. The average Bonchev–Trinajstić information content (AvgIpc) is 3.31. The molecule has 1 heterocycles. The number of anilines is 1. The molecule has 0 spiro atoms. The normalized spacial score (nSPS) is 13.8. The molecule has 3 rings (SSSR count). The highest BCUT2D eigenvalue weighted by atomic mass is 16.6. The van der Waals surface area contributed by atoms with Crippen molar-refractivity contribution in [3.8, 4) is 17.0 Å². The largest absolute Gasteiger partial charge is 0.490 e. The lowest BCUT2D eigenvalue weighted by Crippen LogP contribution is -1.99. The maximum Gasteiger partial charge on any atom is 0.295 e. The Balaban J connectivity index is 1.95. The summed E-state index contributed by atoms with van der Waals surface area (Å²) in [5.74, 6) is 1.38. The van der Waals surface area contributed by atoms with E-state index >= 15 is 0 Å². The molecular weight excluding hydrogens is 270 g/mol. The third-order valence-corrected chi connectivity index (χ3v) is 3.28. The van der Waals surface area contributed by atoms with Crippen molar-refractivity contribution in [2.45, 2.75) is 18.9 Å². The lowest BCUT2D eigenvalue weighted by Gasteiger charge is -2.07. The van der Waals surface area contributed by atoms with Crippen molar-refractivity contribution in [1.29, 1.82) is 0 Å². The molecule has 1 aromatic carbocycles. The molecule has 6 nitrogen and oxygen atoms in total. The Morgan fingerprint density at radius 1 is 1.24 bits per heavy atom. The molecule has 0 amide bonds. The summed E-state index contributed by atoms with van der Waals surface area (Å²) in [6.45, 7) is 0. The van der Waals surface area contributed by atoms with Gasteiger partial charge in [-0.3, -0.25) is 10.1 Å². The van der Waals surface area contributed by atoms with E-state index in [2.05, 4.69) is 10.3 Å². The molecule has 0 unspecified atom stereocenters. The third-order valence-electron chi connectivity index (χ3n) is 3.28. The van der Waals surface area contributed by atoms with E-state index < -0.39 is 4.92 Å². The fourth-order valence-electron chi connectivity index (χ4n) is 2.02. The van der Waals surface area contributed by atoms with Gasteiger partial charge in [0.2, 0.25) is 0 Å². The molecule has 0 bridgehead atoms. The molecule has 2 aromatic rings. The fraction of sp³-hybridized carbons (Fsp3) is 0.267. The number of nitrogens with zero attached hydrogens (tertiary/aromatic N) is 2. The van der Waals surface area contributed by atoms with Gasteiger partial charge in [-0.05, 0) is 43.2 Å². The lowest BCUT2D eigenvalue weighted by atomic mass is 10.1. The van der Waals surface area contributed by atoms with E-state index in [0.717, 1.165) is 18.6 Å². The highest BCUT2D eigenvalue weighted by molar-refractivity contribution is 5.71. The van der Waals surface area contributed by atoms with Crippen LogP contribution < -0.4 is 10.1 Å². The van der Waals surface area contributed by atoms with Gasteiger partial charge in [0, 0.05) is 18.7 Å². The molecule has 1 aliphatic carbocycles. The molecule has 0 atom stereocenters. The van der Waals surface area contributed by atoms with E-state index in [1.807, 2.05) is 12.1 Å².